The van der Waals surface area contributed by atoms with Crippen LogP contribution in [0.2, 0.25) is 0 Å². The molecule has 0 aliphatic carbocycles. The van der Waals surface area contributed by atoms with E-state index in [0.29, 0.717) is 23.6 Å². The van der Waals surface area contributed by atoms with Crippen LogP contribution in [0, 0.1) is 0 Å². The molecule has 0 radical (unpaired) electrons. The molecule has 2 N–H and O–H groups in total. The van der Waals surface area contributed by atoms with E-state index in [1.165, 1.54) is 0 Å². The number of nitrogens with one attached hydrogen (secondary N) is 1. The van der Waals surface area contributed by atoms with Gasteiger partial charge in [-0.1, -0.05) is 24.3 Å². The van der Waals surface area contributed by atoms with Gasteiger partial charge in [-0.15, -0.1) is 0 Å². The summed E-state index contributed by atoms with van der Waals surface area (Å²) in [5.74, 6) is 0.0772. The standard InChI is InChI=1S/C17H18N2O4S/c1-23-13-6-8-14(9-7-13)24(22)19-11-10-12-4-2-3-5-15(12)16(19)17(20)18-21/h2-9,16,21H,10-11H2,1H3,(H,18,20). The van der Waals surface area contributed by atoms with Gasteiger partial charge in [0.2, 0.25) is 0 Å². The Balaban J connectivity index is 1.96. The molecule has 0 saturated heterocycles. The second kappa shape index (κ2) is 7.12. The molecule has 0 fully saturated rings. The summed E-state index contributed by atoms with van der Waals surface area (Å²) in [6, 6.07) is 13.6. The number of rotatable bonds is 4. The van der Waals surface area contributed by atoms with Gasteiger partial charge in [0.05, 0.1) is 12.0 Å². The molecule has 1 aliphatic heterocycles. The quantitative estimate of drug-likeness (QED) is 0.654. The first-order valence-electron chi connectivity index (χ1n) is 7.50. The van der Waals surface area contributed by atoms with Gasteiger partial charge in [-0.3, -0.25) is 10.0 Å². The third kappa shape index (κ3) is 3.06. The van der Waals surface area contributed by atoms with Crippen LogP contribution in [0.25, 0.3) is 0 Å². The van der Waals surface area contributed by atoms with Crippen LogP contribution >= 0.6 is 0 Å². The maximum atomic E-state index is 13.0. The van der Waals surface area contributed by atoms with E-state index >= 15 is 0 Å². The second-order valence-corrected chi connectivity index (χ2v) is 6.83. The van der Waals surface area contributed by atoms with Gasteiger partial charge in [0.15, 0.2) is 0 Å². The van der Waals surface area contributed by atoms with Crippen molar-refractivity contribution in [3.05, 3.63) is 59.7 Å². The summed E-state index contributed by atoms with van der Waals surface area (Å²) in [6.45, 7) is 0.452. The Morgan fingerprint density at radius 3 is 2.62 bits per heavy atom. The first kappa shape index (κ1) is 16.6. The average Bonchev–Trinajstić information content (AvgIpc) is 2.66. The van der Waals surface area contributed by atoms with E-state index in [1.54, 1.807) is 41.2 Å². The molecule has 0 saturated carbocycles. The smallest absolute Gasteiger partial charge is 0.266 e. The second-order valence-electron chi connectivity index (χ2n) is 5.39. The zero-order valence-electron chi connectivity index (χ0n) is 13.1. The molecule has 0 spiro atoms. The van der Waals surface area contributed by atoms with Crippen LogP contribution in [0.3, 0.4) is 0 Å². The zero-order valence-corrected chi connectivity index (χ0v) is 14.0. The highest BCUT2D eigenvalue weighted by Crippen LogP contribution is 2.33. The van der Waals surface area contributed by atoms with Gasteiger partial charge in [-0.05, 0) is 41.8 Å². The lowest BCUT2D eigenvalue weighted by atomic mass is 9.94. The van der Waals surface area contributed by atoms with Gasteiger partial charge in [-0.2, -0.15) is 0 Å². The predicted molar refractivity (Wildman–Crippen MR) is 88.9 cm³/mol. The molecule has 7 heteroatoms. The Morgan fingerprint density at radius 1 is 1.25 bits per heavy atom. The molecule has 2 aromatic carbocycles. The van der Waals surface area contributed by atoms with Crippen LogP contribution in [0.4, 0.5) is 0 Å². The van der Waals surface area contributed by atoms with Crippen LogP contribution in [0.15, 0.2) is 53.4 Å². The van der Waals surface area contributed by atoms with Crippen molar-refractivity contribution in [3.8, 4) is 5.75 Å². The summed E-state index contributed by atoms with van der Waals surface area (Å²) in [5.41, 5.74) is 3.48. The highest BCUT2D eigenvalue weighted by Gasteiger charge is 2.36. The van der Waals surface area contributed by atoms with Crippen molar-refractivity contribution in [2.75, 3.05) is 13.7 Å². The molecular weight excluding hydrogens is 328 g/mol. The number of amides is 1. The molecule has 1 heterocycles. The summed E-state index contributed by atoms with van der Waals surface area (Å²) in [4.78, 5) is 12.8. The topological polar surface area (TPSA) is 78.9 Å². The van der Waals surface area contributed by atoms with Crippen LogP contribution < -0.4 is 10.2 Å². The van der Waals surface area contributed by atoms with Crippen LogP contribution in [0.1, 0.15) is 17.2 Å². The Hall–Kier alpha value is -2.22. The largest absolute Gasteiger partial charge is 0.497 e. The van der Waals surface area contributed by atoms with Crippen LogP contribution in [-0.4, -0.2) is 33.3 Å². The number of hydroxylamine groups is 1. The average molecular weight is 346 g/mol. The minimum atomic E-state index is -1.53. The molecule has 24 heavy (non-hydrogen) atoms. The maximum absolute atomic E-state index is 13.0. The van der Waals surface area contributed by atoms with E-state index < -0.39 is 22.9 Å². The molecule has 2 atom stereocenters. The van der Waals surface area contributed by atoms with Crippen molar-refractivity contribution in [2.45, 2.75) is 17.4 Å². The van der Waals surface area contributed by atoms with E-state index in [9.17, 15) is 9.00 Å². The fourth-order valence-electron chi connectivity index (χ4n) is 2.88. The van der Waals surface area contributed by atoms with Crippen molar-refractivity contribution in [1.82, 2.24) is 9.79 Å². The Kier molecular flexibility index (Phi) is 4.94. The van der Waals surface area contributed by atoms with E-state index in [1.807, 2.05) is 24.3 Å². The van der Waals surface area contributed by atoms with Crippen LogP contribution in [0.5, 0.6) is 5.75 Å². The van der Waals surface area contributed by atoms with E-state index in [2.05, 4.69) is 0 Å². The number of carbonyl (C=O) groups is 1. The van der Waals surface area contributed by atoms with Crippen molar-refractivity contribution < 1.29 is 18.9 Å². The molecule has 3 rings (SSSR count). The third-order valence-electron chi connectivity index (χ3n) is 4.07. The van der Waals surface area contributed by atoms with E-state index in [0.717, 1.165) is 11.1 Å². The van der Waals surface area contributed by atoms with Gasteiger partial charge in [0.1, 0.15) is 22.8 Å². The summed E-state index contributed by atoms with van der Waals surface area (Å²) in [5, 5.41) is 9.11. The van der Waals surface area contributed by atoms with Crippen molar-refractivity contribution in [3.63, 3.8) is 0 Å². The molecule has 0 aromatic heterocycles. The lowest BCUT2D eigenvalue weighted by Crippen LogP contribution is -2.44. The number of hydrogen-bond acceptors (Lipinski definition) is 4. The minimum absolute atomic E-state index is 0.452. The summed E-state index contributed by atoms with van der Waals surface area (Å²) in [6.07, 6.45) is 0.688. The Labute approximate surface area is 142 Å². The first-order chi connectivity index (χ1) is 11.7. The SMILES string of the molecule is COc1ccc(S(=O)N2CCc3ccccc3C2C(=O)NO)cc1. The van der Waals surface area contributed by atoms with E-state index in [-0.39, 0.29) is 0 Å². The lowest BCUT2D eigenvalue weighted by Gasteiger charge is -2.34. The predicted octanol–water partition coefficient (Wildman–Crippen LogP) is 1.82. The number of nitrogens with zero attached hydrogens (tertiary/aromatic N) is 1. The number of benzene rings is 2. The van der Waals surface area contributed by atoms with E-state index in [4.69, 9.17) is 9.94 Å². The monoisotopic (exact) mass is 346 g/mol. The Bertz CT molecular complexity index is 763. The summed E-state index contributed by atoms with van der Waals surface area (Å²) >= 11 is 0. The maximum Gasteiger partial charge on any atom is 0.266 e. The van der Waals surface area contributed by atoms with Gasteiger partial charge >= 0.3 is 0 Å². The van der Waals surface area contributed by atoms with Gasteiger partial charge in [-0.25, -0.2) is 14.0 Å². The molecule has 126 valence electrons. The summed E-state index contributed by atoms with van der Waals surface area (Å²) in [7, 11) is 0.0308. The van der Waals surface area contributed by atoms with Gasteiger partial charge in [0, 0.05) is 6.54 Å². The molecule has 2 unspecified atom stereocenters. The molecule has 2 aromatic rings. The van der Waals surface area contributed by atoms with Crippen molar-refractivity contribution >= 4 is 16.9 Å². The fourth-order valence-corrected chi connectivity index (χ4v) is 4.18. The van der Waals surface area contributed by atoms with Crippen molar-refractivity contribution in [2.24, 2.45) is 0 Å². The number of carbonyl (C=O) groups excluding carboxylic acids is 1. The molecular formula is C17H18N2O4S. The zero-order chi connectivity index (χ0) is 17.1. The number of ether oxygens (including phenoxy) is 1. The Morgan fingerprint density at radius 2 is 1.96 bits per heavy atom. The first-order valence-corrected chi connectivity index (χ1v) is 8.60. The normalized spacial score (nSPS) is 18.5. The molecule has 1 aliphatic rings. The fraction of sp³-hybridized carbons (Fsp3) is 0.235. The number of fused-ring (bicyclic) bond motifs is 1. The molecule has 6 nitrogen and oxygen atoms in total. The third-order valence-corrected chi connectivity index (χ3v) is 5.57. The van der Waals surface area contributed by atoms with Gasteiger partial charge < -0.3 is 4.74 Å². The summed E-state index contributed by atoms with van der Waals surface area (Å²) < 4.78 is 19.7. The number of hydrogen-bond donors (Lipinski definition) is 2. The highest BCUT2D eigenvalue weighted by molar-refractivity contribution is 7.82. The van der Waals surface area contributed by atoms with Crippen LogP contribution in [-0.2, 0) is 22.2 Å². The lowest BCUT2D eigenvalue weighted by molar-refractivity contribution is -0.133. The molecule has 1 amide bonds. The number of methoxy groups -OCH3 is 1. The highest BCUT2D eigenvalue weighted by atomic mass is 32.2. The van der Waals surface area contributed by atoms with Crippen molar-refractivity contribution in [1.29, 1.82) is 0 Å². The molecule has 0 bridgehead atoms. The van der Waals surface area contributed by atoms with Gasteiger partial charge in [0.25, 0.3) is 5.91 Å². The minimum Gasteiger partial charge on any atom is -0.497 e.